The first-order chi connectivity index (χ1) is 18.4. The Labute approximate surface area is 191 Å². The summed E-state index contributed by atoms with van der Waals surface area (Å²) in [5.74, 6) is -0.988. The summed E-state index contributed by atoms with van der Waals surface area (Å²) in [6, 6.07) is -2.52. The van der Waals surface area contributed by atoms with E-state index in [0.29, 0.717) is 12.8 Å². The molecule has 1 aliphatic carbocycles. The summed E-state index contributed by atoms with van der Waals surface area (Å²) in [6.45, 7) is -3.43. The number of aryl methyl sites for hydroxylation is 1. The monoisotopic (exact) mass is 446 g/mol. The van der Waals surface area contributed by atoms with Crippen molar-refractivity contribution < 1.29 is 28.6 Å². The molecule has 0 spiro atoms. The van der Waals surface area contributed by atoms with Gasteiger partial charge in [-0.05, 0) is 38.5 Å². The number of fused-ring (bicyclic) bond motifs is 1. The van der Waals surface area contributed by atoms with Crippen molar-refractivity contribution in [2.45, 2.75) is 57.5 Å². The predicted octanol–water partition coefficient (Wildman–Crippen LogP) is 1.27. The van der Waals surface area contributed by atoms with E-state index in [1.807, 2.05) is 0 Å². The molecule has 0 amide bonds. The Balaban J connectivity index is 1.83. The van der Waals surface area contributed by atoms with Crippen LogP contribution in [-0.2, 0) is 10.0 Å². The zero-order valence-corrected chi connectivity index (χ0v) is 16.9. The van der Waals surface area contributed by atoms with Crippen molar-refractivity contribution in [1.29, 1.82) is 0 Å². The summed E-state index contributed by atoms with van der Waals surface area (Å²) < 4.78 is 114. The van der Waals surface area contributed by atoms with E-state index in [-0.39, 0.29) is 15.3 Å². The minimum absolute atomic E-state index is 0.0985. The molecule has 0 unspecified atom stereocenters. The van der Waals surface area contributed by atoms with Crippen LogP contribution in [0.4, 0.5) is 5.95 Å². The van der Waals surface area contributed by atoms with E-state index >= 15 is 0 Å². The summed E-state index contributed by atoms with van der Waals surface area (Å²) in [4.78, 5) is 21.7. The van der Waals surface area contributed by atoms with Crippen LogP contribution in [0.1, 0.15) is 59.2 Å². The van der Waals surface area contributed by atoms with Gasteiger partial charge in [0.1, 0.15) is 5.65 Å². The molecule has 1 saturated carbocycles. The average molecular weight is 447 g/mol. The molecule has 0 aromatic carbocycles. The third-order valence-corrected chi connectivity index (χ3v) is 6.46. The van der Waals surface area contributed by atoms with E-state index in [1.54, 1.807) is 6.92 Å². The lowest BCUT2D eigenvalue weighted by molar-refractivity contribution is 0.129. The summed E-state index contributed by atoms with van der Waals surface area (Å²) in [5.41, 5.74) is -1.49. The Kier molecular flexibility index (Phi) is 3.04. The van der Waals surface area contributed by atoms with Crippen LogP contribution >= 0.6 is 0 Å². The van der Waals surface area contributed by atoms with Gasteiger partial charge in [-0.15, -0.1) is 0 Å². The van der Waals surface area contributed by atoms with E-state index in [1.165, 1.54) is 0 Å². The van der Waals surface area contributed by atoms with Crippen molar-refractivity contribution in [3.05, 3.63) is 28.2 Å². The fraction of sp³-hybridized carbons (Fsp3) is 0.650. The third-order valence-electron chi connectivity index (χ3n) is 5.52. The van der Waals surface area contributed by atoms with Crippen molar-refractivity contribution in [3.63, 3.8) is 0 Å². The van der Waals surface area contributed by atoms with Crippen molar-refractivity contribution in [3.8, 4) is 0 Å². The molecule has 1 saturated heterocycles. The lowest BCUT2D eigenvalue weighted by atomic mass is 10.0. The Morgan fingerprint density at radius 1 is 1.37 bits per heavy atom. The number of pyridine rings is 1. The molecule has 3 atom stereocenters. The van der Waals surface area contributed by atoms with Crippen LogP contribution in [0.5, 0.6) is 0 Å². The van der Waals surface area contributed by atoms with E-state index in [9.17, 15) is 18.3 Å². The molecule has 2 aromatic rings. The molecule has 10 heteroatoms. The maximum absolute atomic E-state index is 13.4. The number of rotatable bonds is 4. The lowest BCUT2D eigenvalue weighted by Crippen LogP contribution is -2.42. The summed E-state index contributed by atoms with van der Waals surface area (Å²) in [5, 5.41) is 12.7. The van der Waals surface area contributed by atoms with Crippen LogP contribution in [0, 0.1) is 12.8 Å². The first-order valence-electron chi connectivity index (χ1n) is 14.8. The smallest absolute Gasteiger partial charge is 0.255 e. The molecule has 2 aromatic heterocycles. The van der Waals surface area contributed by atoms with Crippen molar-refractivity contribution in [2.75, 3.05) is 24.6 Å². The molecule has 9 nitrogen and oxygen atoms in total. The molecule has 4 rings (SSSR count). The standard InChI is InChI=1S/C20H29N5O4S/c1-12-10-14-11-21-20(22-15-6-8-24(9-7-15)30(3,28)29)23-18(14)25(19(12)27)16-4-5-17(26)13(16)2/h10-11,13,15-17,26H,4-9H2,1-3H3,(H,21,22,23)/t13-,16+,17+/m1/s1/i1D3,3D3,6D2,7D2,15D. The molecule has 2 aliphatic rings. The van der Waals surface area contributed by atoms with Crippen molar-refractivity contribution in [2.24, 2.45) is 5.92 Å². The van der Waals surface area contributed by atoms with Gasteiger partial charge in [0.05, 0.1) is 13.7 Å². The second-order valence-corrected chi connectivity index (χ2v) is 8.87. The minimum atomic E-state index is -5.13. The molecule has 0 radical (unpaired) electrons. The average Bonchev–Trinajstić information content (AvgIpc) is 3.13. The number of anilines is 1. The number of piperidine rings is 1. The summed E-state index contributed by atoms with van der Waals surface area (Å²) >= 11 is 0. The van der Waals surface area contributed by atoms with Crippen LogP contribution in [0.3, 0.4) is 0 Å². The van der Waals surface area contributed by atoms with Gasteiger partial charge in [-0.25, -0.2) is 17.7 Å². The largest absolute Gasteiger partial charge is 0.393 e. The SMILES string of the molecule is [2H]C([2H])([2H])c1cc2cnc(NC3([2H])C([2H])([2H])CN(S(=O)(=O)C([2H])([2H])[2H])CC3([2H])[2H])nc2n([C@H]2CC[C@H](O)[C@@H]2C)c1=O. The molecule has 2 N–H and O–H groups in total. The van der Waals surface area contributed by atoms with Gasteiger partial charge < -0.3 is 10.4 Å². The highest BCUT2D eigenvalue weighted by atomic mass is 32.2. The van der Waals surface area contributed by atoms with Gasteiger partial charge in [0.2, 0.25) is 16.0 Å². The maximum Gasteiger partial charge on any atom is 0.255 e. The van der Waals surface area contributed by atoms with Crippen LogP contribution < -0.4 is 10.9 Å². The molecular weight excluding hydrogens is 406 g/mol. The van der Waals surface area contributed by atoms with Gasteiger partial charge in [-0.2, -0.15) is 4.98 Å². The number of sulfonamides is 1. The van der Waals surface area contributed by atoms with Gasteiger partial charge >= 0.3 is 0 Å². The number of aliphatic hydroxyl groups excluding tert-OH is 1. The van der Waals surface area contributed by atoms with Crippen molar-refractivity contribution in [1.82, 2.24) is 18.8 Å². The summed E-state index contributed by atoms with van der Waals surface area (Å²) in [6.07, 6.45) is -8.64. The van der Waals surface area contributed by atoms with Crippen LogP contribution in [0.2, 0.25) is 0 Å². The van der Waals surface area contributed by atoms with Crippen molar-refractivity contribution >= 4 is 27.0 Å². The number of nitrogens with one attached hydrogen (secondary N) is 1. The summed E-state index contributed by atoms with van der Waals surface area (Å²) in [7, 11) is -5.13. The second-order valence-electron chi connectivity index (χ2n) is 7.40. The molecule has 164 valence electrons. The molecular formula is C20H29N5O4S. The van der Waals surface area contributed by atoms with Crippen LogP contribution in [0.25, 0.3) is 11.0 Å². The molecule has 2 fully saturated rings. The normalized spacial score (nSPS) is 37.0. The van der Waals surface area contributed by atoms with E-state index in [4.69, 9.17) is 15.1 Å². The highest BCUT2D eigenvalue weighted by molar-refractivity contribution is 7.88. The lowest BCUT2D eigenvalue weighted by Gasteiger charge is -2.30. The first-order valence-corrected chi connectivity index (χ1v) is 10.8. The number of aliphatic hydroxyl groups is 1. The fourth-order valence-corrected chi connectivity index (χ4v) is 4.27. The molecule has 30 heavy (non-hydrogen) atoms. The number of hydrogen-bond donors (Lipinski definition) is 2. The van der Waals surface area contributed by atoms with E-state index < -0.39 is 90.0 Å². The quantitative estimate of drug-likeness (QED) is 0.726. The minimum Gasteiger partial charge on any atom is -0.393 e. The highest BCUT2D eigenvalue weighted by Crippen LogP contribution is 2.36. The topological polar surface area (TPSA) is 117 Å². The van der Waals surface area contributed by atoms with E-state index in [2.05, 4.69) is 15.3 Å². The van der Waals surface area contributed by atoms with Crippen LogP contribution in [0.15, 0.2) is 17.1 Å². The molecule has 1 aliphatic heterocycles. The Morgan fingerprint density at radius 2 is 2.13 bits per heavy atom. The van der Waals surface area contributed by atoms with E-state index in [0.717, 1.165) is 16.8 Å². The van der Waals surface area contributed by atoms with Gasteiger partial charge in [0, 0.05) is 61.9 Å². The second kappa shape index (κ2) is 7.90. The van der Waals surface area contributed by atoms with Gasteiger partial charge in [0.15, 0.2) is 0 Å². The number of nitrogens with zero attached hydrogens (tertiary/aromatic N) is 4. The maximum atomic E-state index is 13.4. The fourth-order valence-electron chi connectivity index (χ4n) is 3.80. The predicted molar refractivity (Wildman–Crippen MR) is 115 cm³/mol. The molecule has 0 bridgehead atoms. The number of hydrogen-bond acceptors (Lipinski definition) is 7. The Morgan fingerprint density at radius 3 is 2.77 bits per heavy atom. The third kappa shape index (κ3) is 3.95. The Hall–Kier alpha value is -2.04. The first kappa shape index (κ1) is 11.5. The van der Waals surface area contributed by atoms with Crippen LogP contribution in [-0.4, -0.2) is 63.8 Å². The Bertz CT molecular complexity index is 1510. The molecule has 3 heterocycles. The van der Waals surface area contributed by atoms with Gasteiger partial charge in [-0.3, -0.25) is 9.36 Å². The number of aromatic nitrogens is 3. The zero-order valence-electron chi connectivity index (χ0n) is 27.1. The van der Waals surface area contributed by atoms with Gasteiger partial charge in [0.25, 0.3) is 5.56 Å². The van der Waals surface area contributed by atoms with Gasteiger partial charge in [-0.1, -0.05) is 6.92 Å². The highest BCUT2D eigenvalue weighted by Gasteiger charge is 2.34. The zero-order chi connectivity index (χ0) is 31.1.